The maximum atomic E-state index is 4.82. The molecule has 1 aliphatic rings. The van der Waals surface area contributed by atoms with Crippen LogP contribution in [0, 0.1) is 6.92 Å². The number of thiazole rings is 1. The number of hydrogen-bond acceptors (Lipinski definition) is 4. The molecule has 0 aliphatic heterocycles. The van der Waals surface area contributed by atoms with E-state index >= 15 is 0 Å². The largest absolute Gasteiger partial charge is 0.362 e. The minimum atomic E-state index is 1.00. The van der Waals surface area contributed by atoms with Crippen LogP contribution in [0.1, 0.15) is 49.6 Å². The molecule has 0 amide bonds. The van der Waals surface area contributed by atoms with Crippen LogP contribution < -0.4 is 5.32 Å². The number of nitrogens with zero attached hydrogens (tertiary/aromatic N) is 2. The van der Waals surface area contributed by atoms with E-state index in [2.05, 4.69) is 30.6 Å². The first-order chi connectivity index (χ1) is 10.3. The Morgan fingerprint density at radius 3 is 2.95 bits per heavy atom. The normalized spacial score (nSPS) is 14.0. The summed E-state index contributed by atoms with van der Waals surface area (Å²) in [4.78, 5) is 9.55. The zero-order valence-corrected chi connectivity index (χ0v) is 13.7. The van der Waals surface area contributed by atoms with Gasteiger partial charge in [0.1, 0.15) is 0 Å². The van der Waals surface area contributed by atoms with E-state index < -0.39 is 0 Å². The zero-order chi connectivity index (χ0) is 14.7. The molecule has 0 spiro atoms. The first kappa shape index (κ1) is 14.5. The summed E-state index contributed by atoms with van der Waals surface area (Å²) in [6.45, 7) is 5.32. The lowest BCUT2D eigenvalue weighted by atomic mass is 9.93. The average Bonchev–Trinajstić information content (AvgIpc) is 2.95. The second-order valence-electron chi connectivity index (χ2n) is 5.75. The Balaban J connectivity index is 1.83. The second kappa shape index (κ2) is 6.56. The molecule has 112 valence electrons. The SMILES string of the molecule is CCCCNc1nc(-c2cc3c(nc2C)CCCC3)cs1. The van der Waals surface area contributed by atoms with Gasteiger partial charge in [-0.25, -0.2) is 4.98 Å². The van der Waals surface area contributed by atoms with Crippen molar-refractivity contribution in [3.05, 3.63) is 28.4 Å². The summed E-state index contributed by atoms with van der Waals surface area (Å²) in [5.74, 6) is 0. The first-order valence-electron chi connectivity index (χ1n) is 7.97. The number of fused-ring (bicyclic) bond motifs is 1. The van der Waals surface area contributed by atoms with Gasteiger partial charge >= 0.3 is 0 Å². The molecule has 0 radical (unpaired) electrons. The van der Waals surface area contributed by atoms with Crippen LogP contribution in [0.25, 0.3) is 11.3 Å². The van der Waals surface area contributed by atoms with Gasteiger partial charge in [0, 0.05) is 28.9 Å². The van der Waals surface area contributed by atoms with Gasteiger partial charge in [-0.3, -0.25) is 4.98 Å². The number of unbranched alkanes of at least 4 members (excludes halogenated alkanes) is 1. The standard InChI is InChI=1S/C17H23N3S/c1-3-4-9-18-17-20-16(11-21-17)14-10-13-7-5-6-8-15(13)19-12(14)2/h10-11H,3-9H2,1-2H3,(H,18,20). The summed E-state index contributed by atoms with van der Waals surface area (Å²) >= 11 is 1.69. The molecular formula is C17H23N3S. The molecule has 21 heavy (non-hydrogen) atoms. The Morgan fingerprint density at radius 1 is 1.24 bits per heavy atom. The number of aryl methyl sites for hydroxylation is 3. The Kier molecular flexibility index (Phi) is 4.54. The van der Waals surface area contributed by atoms with Crippen molar-refractivity contribution in [2.45, 2.75) is 52.4 Å². The van der Waals surface area contributed by atoms with Gasteiger partial charge < -0.3 is 5.32 Å². The van der Waals surface area contributed by atoms with Gasteiger partial charge in [0.05, 0.1) is 5.69 Å². The highest BCUT2D eigenvalue weighted by Gasteiger charge is 2.15. The van der Waals surface area contributed by atoms with Crippen molar-refractivity contribution in [1.82, 2.24) is 9.97 Å². The van der Waals surface area contributed by atoms with Crippen LogP contribution in [0.3, 0.4) is 0 Å². The van der Waals surface area contributed by atoms with E-state index in [1.807, 2.05) is 0 Å². The van der Waals surface area contributed by atoms with E-state index in [1.165, 1.54) is 48.9 Å². The molecule has 1 N–H and O–H groups in total. The van der Waals surface area contributed by atoms with Crippen molar-refractivity contribution in [1.29, 1.82) is 0 Å². The molecule has 0 fully saturated rings. The highest BCUT2D eigenvalue weighted by molar-refractivity contribution is 7.14. The van der Waals surface area contributed by atoms with Crippen molar-refractivity contribution in [3.8, 4) is 11.3 Å². The third-order valence-electron chi connectivity index (χ3n) is 4.08. The Morgan fingerprint density at radius 2 is 2.10 bits per heavy atom. The molecule has 0 saturated heterocycles. The molecule has 0 bridgehead atoms. The molecular weight excluding hydrogens is 278 g/mol. The number of rotatable bonds is 5. The molecule has 2 heterocycles. The van der Waals surface area contributed by atoms with Gasteiger partial charge in [-0.2, -0.15) is 0 Å². The van der Waals surface area contributed by atoms with Gasteiger partial charge in [-0.1, -0.05) is 13.3 Å². The Labute approximate surface area is 130 Å². The predicted octanol–water partition coefficient (Wildman–Crippen LogP) is 4.60. The molecule has 1 aliphatic carbocycles. The summed E-state index contributed by atoms with van der Waals surface area (Å²) in [5, 5.41) is 6.57. The van der Waals surface area contributed by atoms with Crippen molar-refractivity contribution < 1.29 is 0 Å². The molecule has 2 aromatic heterocycles. The van der Waals surface area contributed by atoms with Crippen LogP contribution in [-0.2, 0) is 12.8 Å². The van der Waals surface area contributed by atoms with Crippen molar-refractivity contribution >= 4 is 16.5 Å². The third-order valence-corrected chi connectivity index (χ3v) is 4.88. The quantitative estimate of drug-likeness (QED) is 0.820. The highest BCUT2D eigenvalue weighted by atomic mass is 32.1. The number of nitrogens with one attached hydrogen (secondary N) is 1. The van der Waals surface area contributed by atoms with Crippen LogP contribution in [-0.4, -0.2) is 16.5 Å². The van der Waals surface area contributed by atoms with E-state index in [9.17, 15) is 0 Å². The maximum absolute atomic E-state index is 4.82. The van der Waals surface area contributed by atoms with Crippen LogP contribution in [0.5, 0.6) is 0 Å². The van der Waals surface area contributed by atoms with Gasteiger partial charge in [-0.15, -0.1) is 11.3 Å². The highest BCUT2D eigenvalue weighted by Crippen LogP contribution is 2.30. The number of pyridine rings is 1. The molecule has 3 rings (SSSR count). The fraction of sp³-hybridized carbons (Fsp3) is 0.529. The van der Waals surface area contributed by atoms with Crippen molar-refractivity contribution in [3.63, 3.8) is 0 Å². The van der Waals surface area contributed by atoms with Crippen LogP contribution >= 0.6 is 11.3 Å². The Hall–Kier alpha value is -1.42. The number of hydrogen-bond donors (Lipinski definition) is 1. The third kappa shape index (κ3) is 3.26. The van der Waals surface area contributed by atoms with Crippen molar-refractivity contribution in [2.75, 3.05) is 11.9 Å². The van der Waals surface area contributed by atoms with Gasteiger partial charge in [0.15, 0.2) is 5.13 Å². The van der Waals surface area contributed by atoms with Gasteiger partial charge in [-0.05, 0) is 50.7 Å². The topological polar surface area (TPSA) is 37.8 Å². The maximum Gasteiger partial charge on any atom is 0.183 e. The minimum Gasteiger partial charge on any atom is -0.362 e. The monoisotopic (exact) mass is 301 g/mol. The second-order valence-corrected chi connectivity index (χ2v) is 6.61. The summed E-state index contributed by atoms with van der Waals surface area (Å²) in [5.41, 5.74) is 6.11. The molecule has 4 heteroatoms. The number of aromatic nitrogens is 2. The van der Waals surface area contributed by atoms with Crippen LogP contribution in [0.4, 0.5) is 5.13 Å². The summed E-state index contributed by atoms with van der Waals surface area (Å²) in [6.07, 6.45) is 7.27. The van der Waals surface area contributed by atoms with Crippen LogP contribution in [0.2, 0.25) is 0 Å². The first-order valence-corrected chi connectivity index (χ1v) is 8.85. The van der Waals surface area contributed by atoms with Gasteiger partial charge in [0.2, 0.25) is 0 Å². The lowest BCUT2D eigenvalue weighted by Crippen LogP contribution is -2.07. The fourth-order valence-electron chi connectivity index (χ4n) is 2.85. The van der Waals surface area contributed by atoms with E-state index in [0.717, 1.165) is 29.5 Å². The van der Waals surface area contributed by atoms with Crippen LogP contribution in [0.15, 0.2) is 11.4 Å². The molecule has 2 aromatic rings. The molecule has 3 nitrogen and oxygen atoms in total. The lowest BCUT2D eigenvalue weighted by Gasteiger charge is -2.16. The molecule has 0 saturated carbocycles. The summed E-state index contributed by atoms with van der Waals surface area (Å²) in [7, 11) is 0. The van der Waals surface area contributed by atoms with E-state index in [1.54, 1.807) is 11.3 Å². The minimum absolute atomic E-state index is 1.00. The average molecular weight is 301 g/mol. The van der Waals surface area contributed by atoms with Gasteiger partial charge in [0.25, 0.3) is 0 Å². The summed E-state index contributed by atoms with van der Waals surface area (Å²) in [6, 6.07) is 2.32. The van der Waals surface area contributed by atoms with E-state index in [0.29, 0.717) is 0 Å². The van der Waals surface area contributed by atoms with E-state index in [-0.39, 0.29) is 0 Å². The fourth-order valence-corrected chi connectivity index (χ4v) is 3.59. The Bertz CT molecular complexity index is 618. The number of anilines is 1. The van der Waals surface area contributed by atoms with Crippen molar-refractivity contribution in [2.24, 2.45) is 0 Å². The summed E-state index contributed by atoms with van der Waals surface area (Å²) < 4.78 is 0. The van der Waals surface area contributed by atoms with E-state index in [4.69, 9.17) is 9.97 Å². The zero-order valence-electron chi connectivity index (χ0n) is 12.9. The molecule has 0 aromatic carbocycles. The predicted molar refractivity (Wildman–Crippen MR) is 90.1 cm³/mol. The molecule has 0 atom stereocenters. The molecule has 0 unspecified atom stereocenters. The lowest BCUT2D eigenvalue weighted by molar-refractivity contribution is 0.666. The smallest absolute Gasteiger partial charge is 0.183 e.